The van der Waals surface area contributed by atoms with Gasteiger partial charge in [0.1, 0.15) is 5.15 Å². The fraction of sp³-hybridized carbons (Fsp3) is 0.545. The van der Waals surface area contributed by atoms with Crippen molar-refractivity contribution >= 4 is 34.1 Å². The van der Waals surface area contributed by atoms with Gasteiger partial charge in [0.05, 0.1) is 16.6 Å². The monoisotopic (exact) mass is 383 g/mol. The topological polar surface area (TPSA) is 54.0 Å². The van der Waals surface area contributed by atoms with Gasteiger partial charge in [0.2, 0.25) is 5.91 Å². The van der Waals surface area contributed by atoms with Crippen molar-refractivity contribution in [1.29, 1.82) is 0 Å². The van der Waals surface area contributed by atoms with Crippen molar-refractivity contribution in [2.24, 2.45) is 22.2 Å². The fourth-order valence-corrected chi connectivity index (χ4v) is 7.35. The Bertz CT molecular complexity index is 924. The van der Waals surface area contributed by atoms with Crippen LogP contribution in [0.3, 0.4) is 0 Å². The summed E-state index contributed by atoms with van der Waals surface area (Å²) in [6.07, 6.45) is 6.94. The van der Waals surface area contributed by atoms with Crippen molar-refractivity contribution in [2.75, 3.05) is 5.43 Å². The maximum Gasteiger partial charge on any atom is 0.244 e. The lowest BCUT2D eigenvalue weighted by atomic mass is 9.40. The number of nitrogens with zero attached hydrogens (tertiary/aromatic N) is 1. The molecule has 4 aliphatic rings. The number of rotatable bonds is 3. The van der Waals surface area contributed by atoms with E-state index in [0.29, 0.717) is 21.9 Å². The van der Waals surface area contributed by atoms with Crippen LogP contribution in [-0.2, 0) is 4.79 Å². The Balaban J connectivity index is 1.39. The first kappa shape index (κ1) is 17.3. The van der Waals surface area contributed by atoms with Gasteiger partial charge in [-0.2, -0.15) is 0 Å². The summed E-state index contributed by atoms with van der Waals surface area (Å²) in [7, 11) is 0. The third-order valence-corrected chi connectivity index (χ3v) is 7.33. The van der Waals surface area contributed by atoms with E-state index in [1.165, 1.54) is 19.3 Å². The van der Waals surface area contributed by atoms with Crippen LogP contribution >= 0.6 is 11.6 Å². The molecule has 2 unspecified atom stereocenters. The number of carbonyl (C=O) groups excluding carboxylic acids is 1. The van der Waals surface area contributed by atoms with Crippen LogP contribution in [0.1, 0.15) is 52.4 Å². The molecule has 4 aliphatic carbocycles. The van der Waals surface area contributed by atoms with E-state index in [2.05, 4.69) is 29.7 Å². The van der Waals surface area contributed by atoms with Crippen LogP contribution in [0.15, 0.2) is 30.3 Å². The second-order valence-corrected chi connectivity index (χ2v) is 10.4. The van der Waals surface area contributed by atoms with Crippen LogP contribution in [0.25, 0.3) is 10.9 Å². The van der Waals surface area contributed by atoms with Gasteiger partial charge in [-0.15, -0.1) is 0 Å². The highest BCUT2D eigenvalue weighted by Gasteiger charge is 2.62. The number of hydrogen-bond acceptors (Lipinski definition) is 3. The van der Waals surface area contributed by atoms with Crippen LogP contribution in [0.2, 0.25) is 5.15 Å². The Morgan fingerprint density at radius 1 is 1.07 bits per heavy atom. The molecule has 1 amide bonds. The van der Waals surface area contributed by atoms with Gasteiger partial charge < -0.3 is 0 Å². The number of pyridine rings is 1. The molecular weight excluding hydrogens is 358 g/mol. The Kier molecular flexibility index (Phi) is 3.59. The number of hydrogen-bond donors (Lipinski definition) is 2. The molecular formula is C22H26ClN3O. The highest BCUT2D eigenvalue weighted by molar-refractivity contribution is 6.29. The molecule has 6 rings (SSSR count). The van der Waals surface area contributed by atoms with Gasteiger partial charge in [0.25, 0.3) is 0 Å². The molecule has 2 N–H and O–H groups in total. The number of amides is 1. The van der Waals surface area contributed by atoms with E-state index in [-0.39, 0.29) is 11.3 Å². The molecule has 1 aromatic heterocycles. The van der Waals surface area contributed by atoms with E-state index < -0.39 is 0 Å². The number of halogens is 1. The van der Waals surface area contributed by atoms with Gasteiger partial charge in [-0.25, -0.2) is 4.98 Å². The molecule has 0 saturated heterocycles. The second kappa shape index (κ2) is 5.60. The first-order chi connectivity index (χ1) is 12.8. The smallest absolute Gasteiger partial charge is 0.244 e. The summed E-state index contributed by atoms with van der Waals surface area (Å²) in [6, 6.07) is 9.52. The molecule has 5 heteroatoms. The van der Waals surface area contributed by atoms with Gasteiger partial charge in [0.15, 0.2) is 0 Å². The SMILES string of the molecule is CC12CC3CC(C)(C1)CC(C(=O)NNc1cccc4nc(Cl)ccc14)(C3)C2. The fourth-order valence-electron chi connectivity index (χ4n) is 7.20. The molecule has 0 radical (unpaired) electrons. The third-order valence-electron chi connectivity index (χ3n) is 7.12. The maximum absolute atomic E-state index is 13.3. The lowest BCUT2D eigenvalue weighted by Crippen LogP contribution is -2.60. The summed E-state index contributed by atoms with van der Waals surface area (Å²) in [4.78, 5) is 17.7. The van der Waals surface area contributed by atoms with Gasteiger partial charge >= 0.3 is 0 Å². The molecule has 0 aliphatic heterocycles. The average molecular weight is 384 g/mol. The van der Waals surface area contributed by atoms with E-state index in [0.717, 1.165) is 35.9 Å². The number of carbonyl (C=O) groups is 1. The molecule has 1 heterocycles. The molecule has 142 valence electrons. The highest BCUT2D eigenvalue weighted by atomic mass is 35.5. The Labute approximate surface area is 165 Å². The lowest BCUT2D eigenvalue weighted by molar-refractivity contribution is -0.169. The number of benzene rings is 1. The Morgan fingerprint density at radius 2 is 1.81 bits per heavy atom. The minimum absolute atomic E-state index is 0.156. The van der Waals surface area contributed by atoms with Crippen LogP contribution in [0, 0.1) is 22.2 Å². The van der Waals surface area contributed by atoms with Crippen LogP contribution in [-0.4, -0.2) is 10.9 Å². The molecule has 4 saturated carbocycles. The summed E-state index contributed by atoms with van der Waals surface area (Å²) in [5.74, 6) is 0.855. The molecule has 4 fully saturated rings. The van der Waals surface area contributed by atoms with E-state index in [1.54, 1.807) is 6.07 Å². The van der Waals surface area contributed by atoms with Crippen LogP contribution in [0.5, 0.6) is 0 Å². The number of nitrogens with one attached hydrogen (secondary N) is 2. The molecule has 2 atom stereocenters. The van der Waals surface area contributed by atoms with E-state index in [9.17, 15) is 4.79 Å². The van der Waals surface area contributed by atoms with Crippen molar-refractivity contribution in [1.82, 2.24) is 10.4 Å². The number of aromatic nitrogens is 1. The summed E-state index contributed by atoms with van der Waals surface area (Å²) in [6.45, 7) is 4.79. The highest BCUT2D eigenvalue weighted by Crippen LogP contribution is 2.69. The quantitative estimate of drug-likeness (QED) is 0.556. The van der Waals surface area contributed by atoms with Crippen LogP contribution < -0.4 is 10.9 Å². The number of anilines is 1. The Hall–Kier alpha value is -1.81. The first-order valence-electron chi connectivity index (χ1n) is 9.90. The lowest BCUT2D eigenvalue weighted by Gasteiger charge is -2.64. The Morgan fingerprint density at radius 3 is 2.52 bits per heavy atom. The molecule has 0 spiro atoms. The van der Waals surface area contributed by atoms with Gasteiger partial charge in [0, 0.05) is 5.39 Å². The molecule has 27 heavy (non-hydrogen) atoms. The molecule has 2 aromatic rings. The normalized spacial score (nSPS) is 36.8. The van der Waals surface area contributed by atoms with E-state index in [4.69, 9.17) is 11.6 Å². The zero-order valence-corrected chi connectivity index (χ0v) is 16.7. The first-order valence-corrected chi connectivity index (χ1v) is 10.3. The minimum atomic E-state index is -0.220. The minimum Gasteiger partial charge on any atom is -0.298 e. The number of fused-ring (bicyclic) bond motifs is 1. The molecule has 4 bridgehead atoms. The van der Waals surface area contributed by atoms with Gasteiger partial charge in [-0.3, -0.25) is 15.6 Å². The van der Waals surface area contributed by atoms with Gasteiger partial charge in [-0.05, 0) is 79.5 Å². The third kappa shape index (κ3) is 2.80. The van der Waals surface area contributed by atoms with Crippen molar-refractivity contribution in [3.63, 3.8) is 0 Å². The van der Waals surface area contributed by atoms with Crippen LogP contribution in [0.4, 0.5) is 5.69 Å². The maximum atomic E-state index is 13.3. The summed E-state index contributed by atoms with van der Waals surface area (Å²) in [5, 5.41) is 1.42. The molecule has 1 aromatic carbocycles. The van der Waals surface area contributed by atoms with Crippen molar-refractivity contribution in [3.8, 4) is 0 Å². The predicted molar refractivity (Wildman–Crippen MR) is 108 cm³/mol. The van der Waals surface area contributed by atoms with E-state index in [1.807, 2.05) is 24.3 Å². The summed E-state index contributed by atoms with van der Waals surface area (Å²) in [5.41, 5.74) is 8.32. The predicted octanol–water partition coefficient (Wildman–Crippen LogP) is 5.33. The average Bonchev–Trinajstić information content (AvgIpc) is 2.56. The zero-order valence-electron chi connectivity index (χ0n) is 15.9. The van der Waals surface area contributed by atoms with Crippen molar-refractivity contribution in [3.05, 3.63) is 35.5 Å². The van der Waals surface area contributed by atoms with E-state index >= 15 is 0 Å². The van der Waals surface area contributed by atoms with Gasteiger partial charge in [-0.1, -0.05) is 31.5 Å². The zero-order chi connectivity index (χ0) is 18.9. The number of hydrazine groups is 1. The molecule has 4 nitrogen and oxygen atoms in total. The summed E-state index contributed by atoms with van der Waals surface area (Å²) >= 11 is 6.00. The standard InChI is InChI=1S/C22H26ClN3O/c1-20-8-14-9-21(2,11-20)13-22(10-14,12-20)19(27)26-25-17-5-3-4-16-15(17)6-7-18(23)24-16/h3-7,14,25H,8-13H2,1-2H3,(H,26,27). The summed E-state index contributed by atoms with van der Waals surface area (Å²) < 4.78 is 0. The second-order valence-electron chi connectivity index (χ2n) is 10.00. The van der Waals surface area contributed by atoms with Crippen molar-refractivity contribution < 1.29 is 4.79 Å². The van der Waals surface area contributed by atoms with Crippen molar-refractivity contribution in [2.45, 2.75) is 52.4 Å². The largest absolute Gasteiger partial charge is 0.298 e.